The molecule has 0 fully saturated rings. The van der Waals surface area contributed by atoms with Crippen molar-refractivity contribution < 1.29 is 0 Å². The topological polar surface area (TPSA) is 26.0 Å². The third-order valence-electron chi connectivity index (χ3n) is 2.83. The second-order valence-corrected chi connectivity index (χ2v) is 5.03. The summed E-state index contributed by atoms with van der Waals surface area (Å²) in [6.45, 7) is 2.21. The fraction of sp³-hybridized carbons (Fsp3) is 0.231. The zero-order valence-corrected chi connectivity index (χ0v) is 10.3. The Morgan fingerprint density at radius 2 is 2.07 bits per heavy atom. The second-order valence-electron chi connectivity index (χ2n) is 4.17. The summed E-state index contributed by atoms with van der Waals surface area (Å²) >= 11 is 3.59. The van der Waals surface area contributed by atoms with Crippen molar-refractivity contribution in [1.29, 1.82) is 0 Å². The predicted molar refractivity (Wildman–Crippen MR) is 67.5 cm³/mol. The van der Waals surface area contributed by atoms with Crippen molar-refractivity contribution in [1.82, 2.24) is 0 Å². The number of nitrogens with two attached hydrogens (primary N) is 1. The Balaban J connectivity index is 2.44. The van der Waals surface area contributed by atoms with Crippen LogP contribution in [0.2, 0.25) is 0 Å². The van der Waals surface area contributed by atoms with Gasteiger partial charge >= 0.3 is 0 Å². The largest absolute Gasteiger partial charge is 0.402 e. The molecule has 0 aliphatic heterocycles. The van der Waals surface area contributed by atoms with Crippen LogP contribution in [0.15, 0.2) is 52.7 Å². The minimum absolute atomic E-state index is 0.0128. The van der Waals surface area contributed by atoms with Gasteiger partial charge in [0.05, 0.1) is 0 Å². The van der Waals surface area contributed by atoms with Crippen molar-refractivity contribution in [2.75, 3.05) is 0 Å². The van der Waals surface area contributed by atoms with Gasteiger partial charge in [-0.05, 0) is 24.1 Å². The number of hydrogen-bond donors (Lipinski definition) is 1. The maximum Gasteiger partial charge on any atom is 0.0216 e. The van der Waals surface area contributed by atoms with Crippen LogP contribution in [0.5, 0.6) is 0 Å². The molecule has 78 valence electrons. The molecule has 0 saturated heterocycles. The molecular formula is C13H14BrN. The lowest BCUT2D eigenvalue weighted by Gasteiger charge is -2.30. The maximum atomic E-state index is 5.89. The lowest BCUT2D eigenvalue weighted by molar-refractivity contribution is 0.575. The van der Waals surface area contributed by atoms with E-state index in [1.54, 1.807) is 0 Å². The highest BCUT2D eigenvalue weighted by atomic mass is 79.9. The van der Waals surface area contributed by atoms with Crippen LogP contribution in [-0.2, 0) is 5.41 Å². The molecule has 0 radical (unpaired) electrons. The van der Waals surface area contributed by atoms with Gasteiger partial charge in [-0.15, -0.1) is 0 Å². The predicted octanol–water partition coefficient (Wildman–Crippen LogP) is 3.51. The zero-order valence-electron chi connectivity index (χ0n) is 8.70. The van der Waals surface area contributed by atoms with E-state index >= 15 is 0 Å². The molecule has 2 rings (SSSR count). The third-order valence-corrected chi connectivity index (χ3v) is 3.53. The minimum Gasteiger partial charge on any atom is -0.402 e. The highest BCUT2D eigenvalue weighted by Crippen LogP contribution is 2.37. The van der Waals surface area contributed by atoms with Crippen LogP contribution in [0.3, 0.4) is 0 Å². The molecule has 1 aromatic rings. The van der Waals surface area contributed by atoms with Gasteiger partial charge in [0.25, 0.3) is 0 Å². The lowest BCUT2D eigenvalue weighted by atomic mass is 9.76. The fourth-order valence-electron chi connectivity index (χ4n) is 2.04. The van der Waals surface area contributed by atoms with Gasteiger partial charge in [0, 0.05) is 15.6 Å². The number of halogens is 1. The highest BCUT2D eigenvalue weighted by Gasteiger charge is 2.27. The van der Waals surface area contributed by atoms with Gasteiger partial charge in [-0.3, -0.25) is 0 Å². The standard InChI is InChI=1S/C13H14BrN/c1-13(8-4-5-10(15)9-13)11-6-2-3-7-12(11)14/h2-8H,9,15H2,1H3. The number of rotatable bonds is 1. The second kappa shape index (κ2) is 3.86. The lowest BCUT2D eigenvalue weighted by Crippen LogP contribution is -2.24. The first-order chi connectivity index (χ1) is 7.12. The summed E-state index contributed by atoms with van der Waals surface area (Å²) in [5, 5.41) is 0. The summed E-state index contributed by atoms with van der Waals surface area (Å²) in [5.41, 5.74) is 8.13. The third kappa shape index (κ3) is 2.00. The normalized spacial score (nSPS) is 25.1. The van der Waals surface area contributed by atoms with Crippen molar-refractivity contribution >= 4 is 15.9 Å². The molecule has 1 nitrogen and oxygen atoms in total. The van der Waals surface area contributed by atoms with Crippen molar-refractivity contribution in [3.05, 3.63) is 58.2 Å². The molecule has 0 aromatic heterocycles. The van der Waals surface area contributed by atoms with Crippen LogP contribution in [0.4, 0.5) is 0 Å². The van der Waals surface area contributed by atoms with Gasteiger partial charge in [-0.1, -0.05) is 53.2 Å². The quantitative estimate of drug-likeness (QED) is 0.825. The van der Waals surface area contributed by atoms with Crippen LogP contribution in [0.25, 0.3) is 0 Å². The van der Waals surface area contributed by atoms with Crippen molar-refractivity contribution in [3.8, 4) is 0 Å². The molecule has 1 unspecified atom stereocenters. The summed E-state index contributed by atoms with van der Waals surface area (Å²) in [5.74, 6) is 0. The van der Waals surface area contributed by atoms with Gasteiger partial charge in [0.15, 0.2) is 0 Å². The van der Waals surface area contributed by atoms with Crippen LogP contribution >= 0.6 is 15.9 Å². The summed E-state index contributed by atoms with van der Waals surface area (Å²) in [6, 6.07) is 8.31. The molecule has 1 aromatic carbocycles. The van der Waals surface area contributed by atoms with E-state index in [-0.39, 0.29) is 5.41 Å². The summed E-state index contributed by atoms with van der Waals surface area (Å²) in [6.07, 6.45) is 7.10. The smallest absolute Gasteiger partial charge is 0.0216 e. The van der Waals surface area contributed by atoms with E-state index in [0.29, 0.717) is 0 Å². The zero-order chi connectivity index (χ0) is 10.9. The van der Waals surface area contributed by atoms with Crippen LogP contribution in [-0.4, -0.2) is 0 Å². The van der Waals surface area contributed by atoms with Crippen molar-refractivity contribution in [2.45, 2.75) is 18.8 Å². The first-order valence-electron chi connectivity index (χ1n) is 5.01. The summed E-state index contributed by atoms with van der Waals surface area (Å²) in [4.78, 5) is 0. The van der Waals surface area contributed by atoms with E-state index in [4.69, 9.17) is 5.73 Å². The van der Waals surface area contributed by atoms with Gasteiger partial charge < -0.3 is 5.73 Å². The van der Waals surface area contributed by atoms with Gasteiger partial charge in [0.2, 0.25) is 0 Å². The number of allylic oxidation sites excluding steroid dienone is 4. The van der Waals surface area contributed by atoms with Crippen LogP contribution < -0.4 is 5.73 Å². The number of benzene rings is 1. The fourth-order valence-corrected chi connectivity index (χ4v) is 2.77. The molecule has 1 aliphatic rings. The van der Waals surface area contributed by atoms with Crippen molar-refractivity contribution in [3.63, 3.8) is 0 Å². The average Bonchev–Trinajstić information content (AvgIpc) is 2.17. The van der Waals surface area contributed by atoms with E-state index in [1.807, 2.05) is 18.2 Å². The number of hydrogen-bond acceptors (Lipinski definition) is 1. The molecule has 2 heteroatoms. The molecule has 1 aliphatic carbocycles. The molecule has 1 atom stereocenters. The van der Waals surface area contributed by atoms with Crippen LogP contribution in [0.1, 0.15) is 18.9 Å². The minimum atomic E-state index is 0.0128. The van der Waals surface area contributed by atoms with E-state index in [2.05, 4.69) is 47.1 Å². The maximum absolute atomic E-state index is 5.89. The molecular weight excluding hydrogens is 250 g/mol. The van der Waals surface area contributed by atoms with E-state index in [0.717, 1.165) is 16.6 Å². The van der Waals surface area contributed by atoms with Crippen LogP contribution in [0, 0.1) is 0 Å². The Morgan fingerprint density at radius 1 is 1.33 bits per heavy atom. The Hall–Kier alpha value is -1.02. The van der Waals surface area contributed by atoms with Gasteiger partial charge in [-0.2, -0.15) is 0 Å². The molecule has 0 heterocycles. The monoisotopic (exact) mass is 263 g/mol. The Kier molecular flexibility index (Phi) is 2.70. The first kappa shape index (κ1) is 10.5. The van der Waals surface area contributed by atoms with E-state index < -0.39 is 0 Å². The molecule has 0 bridgehead atoms. The summed E-state index contributed by atoms with van der Waals surface area (Å²) in [7, 11) is 0. The SMILES string of the molecule is CC1(c2ccccc2Br)C=CC=C(N)C1. The highest BCUT2D eigenvalue weighted by molar-refractivity contribution is 9.10. The molecule has 0 spiro atoms. The first-order valence-corrected chi connectivity index (χ1v) is 5.80. The van der Waals surface area contributed by atoms with E-state index in [9.17, 15) is 0 Å². The van der Waals surface area contributed by atoms with Gasteiger partial charge in [-0.25, -0.2) is 0 Å². The average molecular weight is 264 g/mol. The molecule has 15 heavy (non-hydrogen) atoms. The Labute approximate surface area is 98.8 Å². The molecule has 0 amide bonds. The van der Waals surface area contributed by atoms with E-state index in [1.165, 1.54) is 5.56 Å². The summed E-state index contributed by atoms with van der Waals surface area (Å²) < 4.78 is 1.15. The van der Waals surface area contributed by atoms with Gasteiger partial charge in [0.1, 0.15) is 0 Å². The Bertz CT molecular complexity index is 434. The Morgan fingerprint density at radius 3 is 2.73 bits per heavy atom. The van der Waals surface area contributed by atoms with Crippen molar-refractivity contribution in [2.24, 2.45) is 5.73 Å². The molecule has 2 N–H and O–H groups in total. The molecule has 0 saturated carbocycles.